The molecule has 2 rings (SSSR count). The standard InChI is InChI=1S/C10H7F3N4O/c11-10(12,13)8-3-4-17(16-8)9-2-1-7(5-14-9)6-15-18/h1-6,18H/b15-6-. The third kappa shape index (κ3) is 2.47. The lowest BCUT2D eigenvalue weighted by molar-refractivity contribution is -0.141. The van der Waals surface area contributed by atoms with Gasteiger partial charge in [-0.1, -0.05) is 5.16 Å². The molecule has 0 fully saturated rings. The minimum Gasteiger partial charge on any atom is -0.411 e. The van der Waals surface area contributed by atoms with Gasteiger partial charge in [0, 0.05) is 18.0 Å². The molecule has 0 aliphatic heterocycles. The number of aromatic nitrogens is 3. The van der Waals surface area contributed by atoms with E-state index in [0.29, 0.717) is 5.56 Å². The van der Waals surface area contributed by atoms with E-state index in [2.05, 4.69) is 15.2 Å². The van der Waals surface area contributed by atoms with Crippen LogP contribution in [-0.4, -0.2) is 26.2 Å². The summed E-state index contributed by atoms with van der Waals surface area (Å²) >= 11 is 0. The predicted octanol–water partition coefficient (Wildman–Crippen LogP) is 2.09. The smallest absolute Gasteiger partial charge is 0.411 e. The molecule has 2 heterocycles. The number of pyridine rings is 1. The Bertz CT molecular complexity index is 559. The van der Waals surface area contributed by atoms with Gasteiger partial charge < -0.3 is 5.21 Å². The Hall–Kier alpha value is -2.38. The first-order valence-corrected chi connectivity index (χ1v) is 4.77. The maximum atomic E-state index is 12.3. The van der Waals surface area contributed by atoms with Crippen LogP contribution in [0, 0.1) is 0 Å². The van der Waals surface area contributed by atoms with Crippen LogP contribution < -0.4 is 0 Å². The van der Waals surface area contributed by atoms with Gasteiger partial charge in [-0.3, -0.25) is 0 Å². The number of hydrogen-bond donors (Lipinski definition) is 1. The summed E-state index contributed by atoms with van der Waals surface area (Å²) in [6.07, 6.45) is -0.801. The maximum absolute atomic E-state index is 12.3. The number of halogens is 3. The molecule has 0 aliphatic carbocycles. The molecule has 5 nitrogen and oxygen atoms in total. The molecule has 2 aromatic rings. The van der Waals surface area contributed by atoms with Gasteiger partial charge in [-0.25, -0.2) is 9.67 Å². The van der Waals surface area contributed by atoms with Gasteiger partial charge in [0.05, 0.1) is 6.21 Å². The van der Waals surface area contributed by atoms with Crippen molar-refractivity contribution in [3.8, 4) is 5.82 Å². The minimum atomic E-state index is -4.48. The third-order valence-electron chi connectivity index (χ3n) is 2.09. The second-order valence-corrected chi connectivity index (χ2v) is 3.34. The second kappa shape index (κ2) is 4.47. The molecular weight excluding hydrogens is 249 g/mol. The number of alkyl halides is 3. The molecule has 8 heteroatoms. The molecule has 0 saturated heterocycles. The fourth-order valence-electron chi connectivity index (χ4n) is 1.28. The molecule has 0 spiro atoms. The zero-order valence-electron chi connectivity index (χ0n) is 8.83. The number of hydrogen-bond acceptors (Lipinski definition) is 4. The quantitative estimate of drug-likeness (QED) is 0.508. The SMILES string of the molecule is O/N=C\c1ccc(-n2ccc(C(F)(F)F)n2)nc1. The fraction of sp³-hybridized carbons (Fsp3) is 0.100. The van der Waals surface area contributed by atoms with Gasteiger partial charge >= 0.3 is 6.18 Å². The van der Waals surface area contributed by atoms with E-state index in [0.717, 1.165) is 17.0 Å². The van der Waals surface area contributed by atoms with E-state index in [1.165, 1.54) is 24.5 Å². The molecule has 0 atom stereocenters. The highest BCUT2D eigenvalue weighted by Gasteiger charge is 2.33. The molecule has 1 N–H and O–H groups in total. The van der Waals surface area contributed by atoms with Crippen LogP contribution in [0.2, 0.25) is 0 Å². The molecule has 0 aromatic carbocycles. The summed E-state index contributed by atoms with van der Waals surface area (Å²) in [6.45, 7) is 0. The minimum absolute atomic E-state index is 0.237. The normalized spacial score (nSPS) is 12.2. The van der Waals surface area contributed by atoms with E-state index in [1.807, 2.05) is 0 Å². The molecule has 2 aromatic heterocycles. The Morgan fingerprint density at radius 2 is 2.06 bits per heavy atom. The van der Waals surface area contributed by atoms with Crippen molar-refractivity contribution >= 4 is 6.21 Å². The van der Waals surface area contributed by atoms with Gasteiger partial charge in [-0.15, -0.1) is 0 Å². The van der Waals surface area contributed by atoms with E-state index < -0.39 is 11.9 Å². The zero-order chi connectivity index (χ0) is 13.2. The Kier molecular flexibility index (Phi) is 3.00. The van der Waals surface area contributed by atoms with E-state index in [9.17, 15) is 13.2 Å². The van der Waals surface area contributed by atoms with Gasteiger partial charge in [0.2, 0.25) is 0 Å². The van der Waals surface area contributed by atoms with E-state index >= 15 is 0 Å². The first-order valence-electron chi connectivity index (χ1n) is 4.77. The summed E-state index contributed by atoms with van der Waals surface area (Å²) in [5, 5.41) is 14.5. The highest BCUT2D eigenvalue weighted by Crippen LogP contribution is 2.27. The first kappa shape index (κ1) is 12.1. The molecular formula is C10H7F3N4O. The lowest BCUT2D eigenvalue weighted by Crippen LogP contribution is -2.07. The van der Waals surface area contributed by atoms with Gasteiger partial charge in [0.15, 0.2) is 11.5 Å². The molecule has 94 valence electrons. The molecule has 0 amide bonds. The average Bonchev–Trinajstić information content (AvgIpc) is 2.79. The van der Waals surface area contributed by atoms with Crippen molar-refractivity contribution in [2.24, 2.45) is 5.16 Å². The molecule has 0 unspecified atom stereocenters. The predicted molar refractivity (Wildman–Crippen MR) is 55.7 cm³/mol. The number of oxime groups is 1. The van der Waals surface area contributed by atoms with Crippen LogP contribution in [0.4, 0.5) is 13.2 Å². The van der Waals surface area contributed by atoms with Crippen LogP contribution >= 0.6 is 0 Å². The Balaban J connectivity index is 2.29. The summed E-state index contributed by atoms with van der Waals surface area (Å²) in [6, 6.07) is 3.87. The van der Waals surface area contributed by atoms with Crippen molar-refractivity contribution in [3.63, 3.8) is 0 Å². The molecule has 0 saturated carbocycles. The molecule has 0 aliphatic rings. The zero-order valence-corrected chi connectivity index (χ0v) is 8.83. The summed E-state index contributed by atoms with van der Waals surface area (Å²) in [4.78, 5) is 3.89. The van der Waals surface area contributed by atoms with E-state index in [1.54, 1.807) is 0 Å². The van der Waals surface area contributed by atoms with Gasteiger partial charge in [-0.05, 0) is 18.2 Å². The van der Waals surface area contributed by atoms with Crippen molar-refractivity contribution in [2.45, 2.75) is 6.18 Å². The summed E-state index contributed by atoms with van der Waals surface area (Å²) < 4.78 is 38.0. The highest BCUT2D eigenvalue weighted by atomic mass is 19.4. The third-order valence-corrected chi connectivity index (χ3v) is 2.09. The summed E-state index contributed by atoms with van der Waals surface area (Å²) in [7, 11) is 0. The fourth-order valence-corrected chi connectivity index (χ4v) is 1.28. The van der Waals surface area contributed by atoms with Gasteiger partial charge in [-0.2, -0.15) is 18.3 Å². The van der Waals surface area contributed by atoms with Gasteiger partial charge in [0.1, 0.15) is 0 Å². The van der Waals surface area contributed by atoms with Crippen LogP contribution in [0.15, 0.2) is 35.7 Å². The monoisotopic (exact) mass is 256 g/mol. The molecule has 0 radical (unpaired) electrons. The first-order chi connectivity index (χ1) is 8.50. The average molecular weight is 256 g/mol. The number of rotatable bonds is 2. The largest absolute Gasteiger partial charge is 0.435 e. The second-order valence-electron chi connectivity index (χ2n) is 3.34. The Morgan fingerprint density at radius 1 is 1.28 bits per heavy atom. The van der Waals surface area contributed by atoms with E-state index in [4.69, 9.17) is 5.21 Å². The van der Waals surface area contributed by atoms with Crippen LogP contribution in [0.5, 0.6) is 0 Å². The maximum Gasteiger partial charge on any atom is 0.435 e. The van der Waals surface area contributed by atoms with Crippen LogP contribution in [0.1, 0.15) is 11.3 Å². The summed E-state index contributed by atoms with van der Waals surface area (Å²) in [5.41, 5.74) is -0.463. The molecule has 18 heavy (non-hydrogen) atoms. The summed E-state index contributed by atoms with van der Waals surface area (Å²) in [5.74, 6) is 0.237. The molecule has 0 bridgehead atoms. The van der Waals surface area contributed by atoms with E-state index in [-0.39, 0.29) is 5.82 Å². The van der Waals surface area contributed by atoms with Crippen molar-refractivity contribution < 1.29 is 18.4 Å². The van der Waals surface area contributed by atoms with Crippen LogP contribution in [-0.2, 0) is 6.18 Å². The highest BCUT2D eigenvalue weighted by molar-refractivity contribution is 5.78. The van der Waals surface area contributed by atoms with Crippen molar-refractivity contribution in [3.05, 3.63) is 41.9 Å². The Morgan fingerprint density at radius 3 is 2.56 bits per heavy atom. The van der Waals surface area contributed by atoms with Gasteiger partial charge in [0.25, 0.3) is 0 Å². The lowest BCUT2D eigenvalue weighted by atomic mass is 10.3. The van der Waals surface area contributed by atoms with Crippen molar-refractivity contribution in [1.82, 2.24) is 14.8 Å². The number of nitrogens with zero attached hydrogens (tertiary/aromatic N) is 4. The Labute approximate surface area is 99.2 Å². The topological polar surface area (TPSA) is 63.3 Å². The van der Waals surface area contributed by atoms with Crippen molar-refractivity contribution in [1.29, 1.82) is 0 Å². The van der Waals surface area contributed by atoms with Crippen LogP contribution in [0.25, 0.3) is 5.82 Å². The van der Waals surface area contributed by atoms with Crippen molar-refractivity contribution in [2.75, 3.05) is 0 Å². The van der Waals surface area contributed by atoms with Crippen LogP contribution in [0.3, 0.4) is 0 Å². The lowest BCUT2D eigenvalue weighted by Gasteiger charge is -2.02.